The minimum Gasteiger partial charge on any atom is -0.508 e. The molecule has 0 radical (unpaired) electrons. The van der Waals surface area contributed by atoms with Crippen molar-refractivity contribution in [2.75, 3.05) is 0 Å². The van der Waals surface area contributed by atoms with Gasteiger partial charge in [0.2, 0.25) is 0 Å². The Hall–Kier alpha value is -2.22. The fraction of sp³-hybridized carbons (Fsp3) is 0.125. The van der Waals surface area contributed by atoms with Gasteiger partial charge in [0, 0.05) is 0 Å². The number of aromatic hydroxyl groups is 2. The van der Waals surface area contributed by atoms with Gasteiger partial charge in [0.05, 0.1) is 0 Å². The molecule has 0 bridgehead atoms. The number of phenolic OH excluding ortho intramolecular Hbond substituents is 2. The molecule has 94 valence electrons. The Labute approximate surface area is 108 Å². The molecule has 0 aliphatic carbocycles. The average Bonchev–Trinajstić information content (AvgIpc) is 2.30. The van der Waals surface area contributed by atoms with E-state index in [4.69, 9.17) is 10.2 Å². The van der Waals surface area contributed by atoms with Crippen LogP contribution in [-0.2, 0) is 6.42 Å². The van der Waals surface area contributed by atoms with Crippen molar-refractivity contribution < 1.29 is 10.2 Å². The first-order valence-electron chi connectivity index (χ1n) is 5.76. The zero-order chi connectivity index (χ0) is 13.4. The highest BCUT2D eigenvalue weighted by Crippen LogP contribution is 2.11. The maximum atomic E-state index is 9.01. The molecule has 0 saturated carbocycles. The number of benzene rings is 2. The average molecular weight is 242 g/mol. The van der Waals surface area contributed by atoms with E-state index in [1.807, 2.05) is 37.3 Å². The predicted molar refractivity (Wildman–Crippen MR) is 74.9 cm³/mol. The van der Waals surface area contributed by atoms with Gasteiger partial charge in [0.15, 0.2) is 0 Å². The first kappa shape index (κ1) is 13.8. The van der Waals surface area contributed by atoms with E-state index in [2.05, 4.69) is 6.58 Å². The Morgan fingerprint density at radius 1 is 1.00 bits per heavy atom. The summed E-state index contributed by atoms with van der Waals surface area (Å²) in [5.74, 6) is 0.657. The van der Waals surface area contributed by atoms with E-state index in [-0.39, 0.29) is 0 Å². The second-order valence-electron chi connectivity index (χ2n) is 4.00. The van der Waals surface area contributed by atoms with E-state index < -0.39 is 0 Å². The van der Waals surface area contributed by atoms with Crippen molar-refractivity contribution in [1.29, 1.82) is 0 Å². The van der Waals surface area contributed by atoms with Gasteiger partial charge in [-0.3, -0.25) is 0 Å². The summed E-state index contributed by atoms with van der Waals surface area (Å²) in [4.78, 5) is 0. The molecular weight excluding hydrogens is 224 g/mol. The lowest BCUT2D eigenvalue weighted by Crippen LogP contribution is -1.77. The molecule has 2 heteroatoms. The molecule has 2 aromatic rings. The number of phenols is 2. The summed E-state index contributed by atoms with van der Waals surface area (Å²) in [7, 11) is 0. The van der Waals surface area contributed by atoms with Gasteiger partial charge in [-0.15, -0.1) is 6.58 Å². The van der Waals surface area contributed by atoms with E-state index in [0.717, 1.165) is 17.5 Å². The maximum absolute atomic E-state index is 9.01. The fourth-order valence-electron chi connectivity index (χ4n) is 1.48. The van der Waals surface area contributed by atoms with Crippen LogP contribution in [0.25, 0.3) is 0 Å². The highest BCUT2D eigenvalue weighted by atomic mass is 16.3. The second-order valence-corrected chi connectivity index (χ2v) is 4.00. The van der Waals surface area contributed by atoms with Gasteiger partial charge < -0.3 is 10.2 Å². The number of rotatable bonds is 2. The van der Waals surface area contributed by atoms with E-state index in [0.29, 0.717) is 11.5 Å². The van der Waals surface area contributed by atoms with Gasteiger partial charge in [-0.25, -0.2) is 0 Å². The zero-order valence-corrected chi connectivity index (χ0v) is 10.5. The molecule has 0 aromatic heterocycles. The molecule has 18 heavy (non-hydrogen) atoms. The van der Waals surface area contributed by atoms with Crippen molar-refractivity contribution in [1.82, 2.24) is 0 Å². The molecule has 0 saturated heterocycles. The lowest BCUT2D eigenvalue weighted by Gasteiger charge is -1.95. The molecule has 2 nitrogen and oxygen atoms in total. The summed E-state index contributed by atoms with van der Waals surface area (Å²) in [6.45, 7) is 5.55. The fourth-order valence-corrected chi connectivity index (χ4v) is 1.48. The maximum Gasteiger partial charge on any atom is 0.115 e. The van der Waals surface area contributed by atoms with Gasteiger partial charge in [-0.1, -0.05) is 30.3 Å². The van der Waals surface area contributed by atoms with Crippen LogP contribution in [-0.4, -0.2) is 10.2 Å². The summed E-state index contributed by atoms with van der Waals surface area (Å²) < 4.78 is 0. The third-order valence-electron chi connectivity index (χ3n) is 2.29. The SMILES string of the molecule is C=CCc1cccc(O)c1.Cc1cccc(O)c1. The van der Waals surface area contributed by atoms with Crippen LogP contribution in [0.3, 0.4) is 0 Å². The molecule has 0 aliphatic heterocycles. The first-order valence-corrected chi connectivity index (χ1v) is 5.76. The predicted octanol–water partition coefficient (Wildman–Crippen LogP) is 3.82. The first-order chi connectivity index (χ1) is 8.61. The molecule has 0 amide bonds. The van der Waals surface area contributed by atoms with Crippen LogP contribution in [0.4, 0.5) is 0 Å². The Bertz CT molecular complexity index is 487. The molecule has 0 heterocycles. The van der Waals surface area contributed by atoms with Crippen LogP contribution >= 0.6 is 0 Å². The molecule has 2 aromatic carbocycles. The summed E-state index contributed by atoms with van der Waals surface area (Å²) >= 11 is 0. The quantitative estimate of drug-likeness (QED) is 0.786. The Kier molecular flexibility index (Phi) is 5.52. The molecule has 0 aliphatic rings. The van der Waals surface area contributed by atoms with E-state index in [1.165, 1.54) is 0 Å². The lowest BCUT2D eigenvalue weighted by molar-refractivity contribution is 0.474. The Morgan fingerprint density at radius 3 is 2.06 bits per heavy atom. The van der Waals surface area contributed by atoms with Gasteiger partial charge in [0.1, 0.15) is 11.5 Å². The summed E-state index contributed by atoms with van der Waals surface area (Å²) in [6.07, 6.45) is 2.63. The van der Waals surface area contributed by atoms with Crippen LogP contribution in [0.2, 0.25) is 0 Å². The van der Waals surface area contributed by atoms with Gasteiger partial charge in [0.25, 0.3) is 0 Å². The molecule has 0 atom stereocenters. The van der Waals surface area contributed by atoms with E-state index >= 15 is 0 Å². The number of hydrogen-bond donors (Lipinski definition) is 2. The van der Waals surface area contributed by atoms with Crippen molar-refractivity contribution in [3.05, 3.63) is 72.3 Å². The highest BCUT2D eigenvalue weighted by Gasteiger charge is 1.89. The van der Waals surface area contributed by atoms with Crippen LogP contribution in [0.1, 0.15) is 11.1 Å². The van der Waals surface area contributed by atoms with E-state index in [1.54, 1.807) is 24.3 Å². The van der Waals surface area contributed by atoms with Crippen molar-refractivity contribution in [2.45, 2.75) is 13.3 Å². The van der Waals surface area contributed by atoms with E-state index in [9.17, 15) is 0 Å². The minimum atomic E-state index is 0.319. The van der Waals surface area contributed by atoms with Crippen molar-refractivity contribution in [3.8, 4) is 11.5 Å². The third-order valence-corrected chi connectivity index (χ3v) is 2.29. The number of aryl methyl sites for hydroxylation is 1. The summed E-state index contributed by atoms with van der Waals surface area (Å²) in [6, 6.07) is 14.3. The smallest absolute Gasteiger partial charge is 0.115 e. The van der Waals surface area contributed by atoms with Crippen LogP contribution in [0.15, 0.2) is 61.2 Å². The molecular formula is C16H18O2. The highest BCUT2D eigenvalue weighted by molar-refractivity contribution is 5.28. The Balaban J connectivity index is 0.000000184. The minimum absolute atomic E-state index is 0.319. The monoisotopic (exact) mass is 242 g/mol. The topological polar surface area (TPSA) is 40.5 Å². The third kappa shape index (κ3) is 5.21. The normalized spacial score (nSPS) is 9.17. The zero-order valence-electron chi connectivity index (χ0n) is 10.5. The van der Waals surface area contributed by atoms with Crippen molar-refractivity contribution in [2.24, 2.45) is 0 Å². The molecule has 2 rings (SSSR count). The van der Waals surface area contributed by atoms with Gasteiger partial charge >= 0.3 is 0 Å². The number of hydrogen-bond acceptors (Lipinski definition) is 2. The van der Waals surface area contributed by atoms with Crippen molar-refractivity contribution in [3.63, 3.8) is 0 Å². The molecule has 0 spiro atoms. The summed E-state index contributed by atoms with van der Waals surface area (Å²) in [5.41, 5.74) is 2.18. The largest absolute Gasteiger partial charge is 0.508 e. The standard InChI is InChI=1S/C9H10O.C7H8O/c1-2-4-8-5-3-6-9(10)7-8;1-6-3-2-4-7(8)5-6/h2-3,5-7,10H,1,4H2;2-5,8H,1H3. The van der Waals surface area contributed by atoms with Crippen LogP contribution in [0, 0.1) is 6.92 Å². The van der Waals surface area contributed by atoms with Crippen LogP contribution < -0.4 is 0 Å². The molecule has 2 N–H and O–H groups in total. The van der Waals surface area contributed by atoms with Crippen LogP contribution in [0.5, 0.6) is 11.5 Å². The lowest BCUT2D eigenvalue weighted by atomic mass is 10.1. The van der Waals surface area contributed by atoms with Crippen molar-refractivity contribution >= 4 is 0 Å². The molecule has 0 unspecified atom stereocenters. The number of allylic oxidation sites excluding steroid dienone is 1. The van der Waals surface area contributed by atoms with Gasteiger partial charge in [-0.05, 0) is 48.7 Å². The Morgan fingerprint density at radius 2 is 1.61 bits per heavy atom. The second kappa shape index (κ2) is 7.17. The summed E-state index contributed by atoms with van der Waals surface area (Å²) in [5, 5.41) is 17.8. The molecule has 0 fully saturated rings. The van der Waals surface area contributed by atoms with Gasteiger partial charge in [-0.2, -0.15) is 0 Å².